The topological polar surface area (TPSA) is 49.4 Å². The van der Waals surface area contributed by atoms with Gasteiger partial charge in [0.1, 0.15) is 0 Å². The average Bonchev–Trinajstić information content (AvgIpc) is 2.32. The number of nitrogens with zero attached hydrogens (tertiary/aromatic N) is 1. The van der Waals surface area contributed by atoms with Crippen molar-refractivity contribution >= 4 is 16.7 Å². The first-order valence-electron chi connectivity index (χ1n) is 4.82. The van der Waals surface area contributed by atoms with Crippen LogP contribution in [0.4, 0.5) is 0 Å². The quantitative estimate of drug-likeness (QED) is 0.721. The van der Waals surface area contributed by atoms with E-state index in [1.165, 1.54) is 0 Å². The summed E-state index contributed by atoms with van der Waals surface area (Å²) in [6, 6.07) is -0.109. The molecule has 0 spiro atoms. The van der Waals surface area contributed by atoms with Gasteiger partial charge in [-0.1, -0.05) is 0 Å². The molecule has 1 aliphatic rings. The maximum atomic E-state index is 11.6. The zero-order valence-corrected chi connectivity index (χ0v) is 9.93. The highest BCUT2D eigenvalue weighted by Crippen LogP contribution is 2.11. The lowest BCUT2D eigenvalue weighted by molar-refractivity contribution is -0.129. The largest absolute Gasteiger partial charge is 0.325 e. The second-order valence-electron chi connectivity index (χ2n) is 3.86. The molecule has 0 aromatic heterocycles. The van der Waals surface area contributed by atoms with Gasteiger partial charge in [-0.05, 0) is 20.8 Å². The summed E-state index contributed by atoms with van der Waals surface area (Å²) in [6.45, 7) is 6.28. The van der Waals surface area contributed by atoms with Crippen molar-refractivity contribution in [3.05, 3.63) is 0 Å². The lowest BCUT2D eigenvalue weighted by atomic mass is 10.3. The molecule has 0 radical (unpaired) electrons. The molecule has 1 amide bonds. The maximum Gasteiger partial charge on any atom is 0.240 e. The van der Waals surface area contributed by atoms with Gasteiger partial charge in [0, 0.05) is 28.9 Å². The molecule has 4 atom stereocenters. The van der Waals surface area contributed by atoms with Crippen LogP contribution in [0.25, 0.3) is 0 Å². The lowest BCUT2D eigenvalue weighted by Gasteiger charge is -2.23. The monoisotopic (exact) mass is 218 g/mol. The summed E-state index contributed by atoms with van der Waals surface area (Å²) < 4.78 is 11.2. The highest BCUT2D eigenvalue weighted by atomic mass is 32.2. The summed E-state index contributed by atoms with van der Waals surface area (Å²) in [5.74, 6) is 0.106. The Morgan fingerprint density at radius 3 is 2.50 bits per heavy atom. The van der Waals surface area contributed by atoms with Gasteiger partial charge in [0.2, 0.25) is 5.91 Å². The standard InChI is InChI=1S/C9H18N2O2S/c1-6(14(4)13)5-11-8(3)10-7(2)9(11)12/h6-8,10H,5H2,1-4H3. The second kappa shape index (κ2) is 4.40. The maximum absolute atomic E-state index is 11.6. The number of hydrogen-bond acceptors (Lipinski definition) is 3. The molecule has 0 aliphatic carbocycles. The minimum atomic E-state index is -0.869. The van der Waals surface area contributed by atoms with E-state index in [0.717, 1.165) is 0 Å². The Hall–Kier alpha value is -0.420. The van der Waals surface area contributed by atoms with Crippen molar-refractivity contribution in [2.45, 2.75) is 38.2 Å². The van der Waals surface area contributed by atoms with Crippen LogP contribution in [0.1, 0.15) is 20.8 Å². The number of carbonyl (C=O) groups is 1. The van der Waals surface area contributed by atoms with Gasteiger partial charge in [-0.2, -0.15) is 0 Å². The van der Waals surface area contributed by atoms with Gasteiger partial charge in [0.25, 0.3) is 0 Å². The molecule has 1 heterocycles. The Kier molecular flexibility index (Phi) is 3.66. The van der Waals surface area contributed by atoms with Crippen LogP contribution in [0.5, 0.6) is 0 Å². The van der Waals surface area contributed by atoms with Crippen LogP contribution in [0.2, 0.25) is 0 Å². The average molecular weight is 218 g/mol. The fourth-order valence-electron chi connectivity index (χ4n) is 1.59. The SMILES string of the molecule is CC1NC(C)N(CC(C)S(C)=O)C1=O. The third-order valence-corrected chi connectivity index (χ3v) is 3.91. The molecule has 82 valence electrons. The molecular weight excluding hydrogens is 200 g/mol. The fraction of sp³-hybridized carbons (Fsp3) is 0.889. The van der Waals surface area contributed by atoms with Gasteiger partial charge in [0.05, 0.1) is 12.2 Å². The first-order chi connectivity index (χ1) is 6.43. The molecular formula is C9H18N2O2S. The zero-order valence-electron chi connectivity index (χ0n) is 9.11. The Labute approximate surface area is 87.5 Å². The zero-order chi connectivity index (χ0) is 10.9. The molecule has 1 N–H and O–H groups in total. The number of carbonyl (C=O) groups excluding carboxylic acids is 1. The Balaban J connectivity index is 2.60. The smallest absolute Gasteiger partial charge is 0.240 e. The predicted octanol–water partition coefficient (Wildman–Crippen LogP) is -0.0803. The summed E-state index contributed by atoms with van der Waals surface area (Å²) in [6.07, 6.45) is 1.73. The molecule has 1 aliphatic heterocycles. The molecule has 1 saturated heterocycles. The van der Waals surface area contributed by atoms with E-state index < -0.39 is 10.8 Å². The molecule has 1 fully saturated rings. The highest BCUT2D eigenvalue weighted by molar-refractivity contribution is 7.84. The normalized spacial score (nSPS) is 32.0. The summed E-state index contributed by atoms with van der Waals surface area (Å²) in [4.78, 5) is 13.4. The van der Waals surface area contributed by atoms with E-state index in [4.69, 9.17) is 0 Å². The van der Waals surface area contributed by atoms with Gasteiger partial charge in [-0.25, -0.2) is 0 Å². The van der Waals surface area contributed by atoms with Crippen molar-refractivity contribution in [3.8, 4) is 0 Å². The summed E-state index contributed by atoms with van der Waals surface area (Å²) in [5, 5.41) is 3.17. The molecule has 0 aromatic rings. The first kappa shape index (κ1) is 11.7. The molecule has 4 nitrogen and oxygen atoms in total. The van der Waals surface area contributed by atoms with E-state index in [1.54, 1.807) is 11.2 Å². The van der Waals surface area contributed by atoms with Crippen LogP contribution in [0.3, 0.4) is 0 Å². The van der Waals surface area contributed by atoms with Gasteiger partial charge < -0.3 is 4.90 Å². The minimum Gasteiger partial charge on any atom is -0.325 e. The summed E-state index contributed by atoms with van der Waals surface area (Å²) in [7, 11) is -0.869. The van der Waals surface area contributed by atoms with Crippen molar-refractivity contribution < 1.29 is 9.00 Å². The van der Waals surface area contributed by atoms with Crippen LogP contribution in [-0.2, 0) is 15.6 Å². The van der Waals surface area contributed by atoms with Crippen LogP contribution in [0.15, 0.2) is 0 Å². The predicted molar refractivity (Wildman–Crippen MR) is 57.3 cm³/mol. The van der Waals surface area contributed by atoms with Crippen LogP contribution >= 0.6 is 0 Å². The van der Waals surface area contributed by atoms with Gasteiger partial charge in [-0.3, -0.25) is 14.3 Å². The molecule has 14 heavy (non-hydrogen) atoms. The molecule has 0 bridgehead atoms. The van der Waals surface area contributed by atoms with Crippen molar-refractivity contribution in [1.82, 2.24) is 10.2 Å². The number of amides is 1. The van der Waals surface area contributed by atoms with E-state index in [-0.39, 0.29) is 23.4 Å². The van der Waals surface area contributed by atoms with Crippen LogP contribution < -0.4 is 5.32 Å². The molecule has 5 heteroatoms. The van der Waals surface area contributed by atoms with Crippen LogP contribution in [0, 0.1) is 0 Å². The minimum absolute atomic E-state index is 0.0356. The fourth-order valence-corrected chi connectivity index (χ4v) is 1.96. The highest BCUT2D eigenvalue weighted by Gasteiger charge is 2.34. The third kappa shape index (κ3) is 2.33. The third-order valence-electron chi connectivity index (χ3n) is 2.63. The van der Waals surface area contributed by atoms with Gasteiger partial charge in [-0.15, -0.1) is 0 Å². The van der Waals surface area contributed by atoms with E-state index in [2.05, 4.69) is 5.32 Å². The van der Waals surface area contributed by atoms with Crippen molar-refractivity contribution in [2.75, 3.05) is 12.8 Å². The number of nitrogens with one attached hydrogen (secondary N) is 1. The second-order valence-corrected chi connectivity index (χ2v) is 5.67. The van der Waals surface area contributed by atoms with Crippen molar-refractivity contribution in [2.24, 2.45) is 0 Å². The molecule has 4 unspecified atom stereocenters. The van der Waals surface area contributed by atoms with E-state index in [9.17, 15) is 9.00 Å². The number of rotatable bonds is 3. The Morgan fingerprint density at radius 2 is 2.14 bits per heavy atom. The lowest BCUT2D eigenvalue weighted by Crippen LogP contribution is -2.40. The molecule has 1 rings (SSSR count). The van der Waals surface area contributed by atoms with E-state index in [1.807, 2.05) is 20.8 Å². The summed E-state index contributed by atoms with van der Waals surface area (Å²) in [5.41, 5.74) is 0. The van der Waals surface area contributed by atoms with Crippen molar-refractivity contribution in [3.63, 3.8) is 0 Å². The van der Waals surface area contributed by atoms with Crippen LogP contribution in [-0.4, -0.2) is 45.3 Å². The first-order valence-corrected chi connectivity index (χ1v) is 6.44. The molecule has 0 aromatic carbocycles. The number of hydrogen-bond donors (Lipinski definition) is 1. The Morgan fingerprint density at radius 1 is 1.57 bits per heavy atom. The Bertz CT molecular complexity index is 257. The molecule has 0 saturated carbocycles. The van der Waals surface area contributed by atoms with E-state index >= 15 is 0 Å². The van der Waals surface area contributed by atoms with Gasteiger partial charge in [0.15, 0.2) is 0 Å². The van der Waals surface area contributed by atoms with E-state index in [0.29, 0.717) is 6.54 Å². The van der Waals surface area contributed by atoms with Crippen molar-refractivity contribution in [1.29, 1.82) is 0 Å². The van der Waals surface area contributed by atoms with Gasteiger partial charge >= 0.3 is 0 Å². The summed E-state index contributed by atoms with van der Waals surface area (Å²) >= 11 is 0.